The summed E-state index contributed by atoms with van der Waals surface area (Å²) in [5, 5.41) is 3.95. The van der Waals surface area contributed by atoms with Gasteiger partial charge in [-0.25, -0.2) is 0 Å². The van der Waals surface area contributed by atoms with E-state index in [-0.39, 0.29) is 0 Å². The minimum absolute atomic E-state index is 0.913. The lowest BCUT2D eigenvalue weighted by Crippen LogP contribution is -1.73. The molecule has 0 aromatic carbocycles. The summed E-state index contributed by atoms with van der Waals surface area (Å²) in [7, 11) is 1.74. The number of hydrogen-bond donors (Lipinski definition) is 0. The Bertz CT molecular complexity index is 250. The summed E-state index contributed by atoms with van der Waals surface area (Å²) in [5.41, 5.74) is 1.96. The molecule has 2 nitrogen and oxygen atoms in total. The molecule has 10 heavy (non-hydrogen) atoms. The van der Waals surface area contributed by atoms with E-state index in [1.54, 1.807) is 24.6 Å². The second kappa shape index (κ2) is 3.27. The predicted molar refractivity (Wildman–Crippen MR) is 47.0 cm³/mol. The van der Waals surface area contributed by atoms with Gasteiger partial charge in [-0.15, -0.1) is 11.3 Å². The minimum atomic E-state index is 0.913. The van der Waals surface area contributed by atoms with Gasteiger partial charge in [-0.1, -0.05) is 0 Å². The summed E-state index contributed by atoms with van der Waals surface area (Å²) >= 11 is 1.61. The molecular weight excluding hydrogens is 144 g/mol. The molecule has 1 heterocycles. The fraction of sp³-hybridized carbons (Fsp3) is 0.143. The van der Waals surface area contributed by atoms with E-state index >= 15 is 0 Å². The van der Waals surface area contributed by atoms with Crippen molar-refractivity contribution in [1.29, 1.82) is 0 Å². The molecule has 0 spiro atoms. The van der Waals surface area contributed by atoms with Crippen LogP contribution < -0.4 is 0 Å². The van der Waals surface area contributed by atoms with Crippen molar-refractivity contribution in [2.24, 2.45) is 9.98 Å². The lowest BCUT2D eigenvalue weighted by atomic mass is 10.3. The Morgan fingerprint density at radius 1 is 1.60 bits per heavy atom. The average molecular weight is 152 g/mol. The predicted octanol–water partition coefficient (Wildman–Crippen LogP) is 2.13. The normalized spacial score (nSPS) is 10.5. The van der Waals surface area contributed by atoms with Gasteiger partial charge in [-0.3, -0.25) is 9.98 Å². The molecule has 0 saturated heterocycles. The SMILES string of the molecule is C=Nc1cscc1C=NC. The second-order valence-electron chi connectivity index (χ2n) is 1.76. The first kappa shape index (κ1) is 7.15. The zero-order valence-corrected chi connectivity index (χ0v) is 6.56. The van der Waals surface area contributed by atoms with Crippen LogP contribution in [0.5, 0.6) is 0 Å². The fourth-order valence-corrected chi connectivity index (χ4v) is 1.40. The average Bonchev–Trinajstić information content (AvgIpc) is 2.36. The Labute approximate surface area is 64.0 Å². The van der Waals surface area contributed by atoms with E-state index in [0.29, 0.717) is 0 Å². The molecule has 0 fully saturated rings. The van der Waals surface area contributed by atoms with Crippen molar-refractivity contribution in [3.8, 4) is 0 Å². The lowest BCUT2D eigenvalue weighted by Gasteiger charge is -1.85. The molecule has 0 saturated carbocycles. The van der Waals surface area contributed by atoms with Gasteiger partial charge in [-0.2, -0.15) is 0 Å². The monoisotopic (exact) mass is 152 g/mol. The molecule has 1 aromatic heterocycles. The highest BCUT2D eigenvalue weighted by molar-refractivity contribution is 7.08. The van der Waals surface area contributed by atoms with E-state index in [9.17, 15) is 0 Å². The van der Waals surface area contributed by atoms with E-state index < -0.39 is 0 Å². The lowest BCUT2D eigenvalue weighted by molar-refractivity contribution is 1.46. The van der Waals surface area contributed by atoms with Gasteiger partial charge < -0.3 is 0 Å². The molecule has 0 aliphatic carbocycles. The minimum Gasteiger partial charge on any atom is -0.296 e. The van der Waals surface area contributed by atoms with Crippen LogP contribution in [0.4, 0.5) is 5.69 Å². The number of nitrogens with zero attached hydrogens (tertiary/aromatic N) is 2. The summed E-state index contributed by atoms with van der Waals surface area (Å²) in [6, 6.07) is 0. The Morgan fingerprint density at radius 3 is 3.00 bits per heavy atom. The van der Waals surface area contributed by atoms with Crippen LogP contribution in [0.1, 0.15) is 5.56 Å². The maximum atomic E-state index is 3.88. The third-order valence-corrected chi connectivity index (χ3v) is 1.86. The topological polar surface area (TPSA) is 24.7 Å². The van der Waals surface area contributed by atoms with Gasteiger partial charge >= 0.3 is 0 Å². The Hall–Kier alpha value is -0.960. The fourth-order valence-electron chi connectivity index (χ4n) is 0.664. The van der Waals surface area contributed by atoms with Gasteiger partial charge in [0.05, 0.1) is 5.69 Å². The van der Waals surface area contributed by atoms with Crippen molar-refractivity contribution in [1.82, 2.24) is 0 Å². The zero-order chi connectivity index (χ0) is 7.40. The van der Waals surface area contributed by atoms with Crippen LogP contribution in [0.25, 0.3) is 0 Å². The van der Waals surface area contributed by atoms with E-state index in [0.717, 1.165) is 11.3 Å². The molecule has 0 aliphatic rings. The maximum absolute atomic E-state index is 3.88. The van der Waals surface area contributed by atoms with Crippen molar-refractivity contribution in [3.05, 3.63) is 16.3 Å². The highest BCUT2D eigenvalue weighted by Crippen LogP contribution is 2.21. The van der Waals surface area contributed by atoms with Crippen LogP contribution >= 0.6 is 11.3 Å². The molecule has 0 amide bonds. The Balaban J connectivity index is 3.00. The highest BCUT2D eigenvalue weighted by Gasteiger charge is 1.95. The molecule has 3 heteroatoms. The maximum Gasteiger partial charge on any atom is 0.0816 e. The second-order valence-corrected chi connectivity index (χ2v) is 2.50. The highest BCUT2D eigenvalue weighted by atomic mass is 32.1. The Morgan fingerprint density at radius 2 is 2.40 bits per heavy atom. The summed E-state index contributed by atoms with van der Waals surface area (Å²) in [6.07, 6.45) is 1.78. The molecule has 0 atom stereocenters. The first-order chi connectivity index (χ1) is 4.88. The molecule has 0 radical (unpaired) electrons. The third-order valence-electron chi connectivity index (χ3n) is 1.11. The summed E-state index contributed by atoms with van der Waals surface area (Å²) in [5.74, 6) is 0. The standard InChI is InChI=1S/C7H8N2S/c1-8-3-6-4-10-5-7(6)9-2/h3-5H,2H2,1H3. The first-order valence-electron chi connectivity index (χ1n) is 2.83. The largest absolute Gasteiger partial charge is 0.296 e. The molecule has 0 aliphatic heterocycles. The van der Waals surface area contributed by atoms with Gasteiger partial charge in [-0.05, 0) is 6.72 Å². The van der Waals surface area contributed by atoms with Crippen LogP contribution in [0, 0.1) is 0 Å². The van der Waals surface area contributed by atoms with E-state index in [1.165, 1.54) is 0 Å². The molecular formula is C7H8N2S. The van der Waals surface area contributed by atoms with Crippen LogP contribution in [0.3, 0.4) is 0 Å². The van der Waals surface area contributed by atoms with E-state index in [2.05, 4.69) is 16.7 Å². The molecule has 0 bridgehead atoms. The van der Waals surface area contributed by atoms with Gasteiger partial charge in [0.25, 0.3) is 0 Å². The van der Waals surface area contributed by atoms with Crippen LogP contribution in [-0.4, -0.2) is 20.0 Å². The molecule has 1 rings (SSSR count). The number of rotatable bonds is 2. The molecule has 52 valence electrons. The summed E-state index contributed by atoms with van der Waals surface area (Å²) < 4.78 is 0. The van der Waals surface area contributed by atoms with Crippen molar-refractivity contribution >= 4 is 30.0 Å². The van der Waals surface area contributed by atoms with Gasteiger partial charge in [0, 0.05) is 29.6 Å². The molecule has 0 unspecified atom stereocenters. The van der Waals surface area contributed by atoms with Crippen molar-refractivity contribution in [2.45, 2.75) is 0 Å². The summed E-state index contributed by atoms with van der Waals surface area (Å²) in [4.78, 5) is 7.70. The molecule has 0 N–H and O–H groups in total. The smallest absolute Gasteiger partial charge is 0.0816 e. The zero-order valence-electron chi connectivity index (χ0n) is 5.74. The third kappa shape index (κ3) is 1.30. The Kier molecular flexibility index (Phi) is 2.34. The van der Waals surface area contributed by atoms with E-state index in [1.807, 2.05) is 10.8 Å². The van der Waals surface area contributed by atoms with Gasteiger partial charge in [0.2, 0.25) is 0 Å². The van der Waals surface area contributed by atoms with E-state index in [4.69, 9.17) is 0 Å². The molecule has 1 aromatic rings. The van der Waals surface area contributed by atoms with Crippen molar-refractivity contribution in [3.63, 3.8) is 0 Å². The van der Waals surface area contributed by atoms with Crippen LogP contribution in [0.2, 0.25) is 0 Å². The van der Waals surface area contributed by atoms with Gasteiger partial charge in [0.15, 0.2) is 0 Å². The number of hydrogen-bond acceptors (Lipinski definition) is 3. The van der Waals surface area contributed by atoms with Crippen LogP contribution in [0.15, 0.2) is 20.7 Å². The number of thiophene rings is 1. The number of aliphatic imine (C=N–C) groups is 2. The van der Waals surface area contributed by atoms with Crippen molar-refractivity contribution < 1.29 is 0 Å². The van der Waals surface area contributed by atoms with Crippen molar-refractivity contribution in [2.75, 3.05) is 7.05 Å². The van der Waals surface area contributed by atoms with Crippen LogP contribution in [-0.2, 0) is 0 Å². The quantitative estimate of drug-likeness (QED) is 0.580. The first-order valence-corrected chi connectivity index (χ1v) is 3.78. The summed E-state index contributed by atoms with van der Waals surface area (Å²) in [6.45, 7) is 3.44. The van der Waals surface area contributed by atoms with Gasteiger partial charge in [0.1, 0.15) is 0 Å².